The fourth-order valence-electron chi connectivity index (χ4n) is 9.07. The van der Waals surface area contributed by atoms with Crippen molar-refractivity contribution in [3.63, 3.8) is 0 Å². The van der Waals surface area contributed by atoms with Crippen LogP contribution < -0.4 is 36.2 Å². The predicted octanol–water partition coefficient (Wildman–Crippen LogP) is 6.21. The SMILES string of the molecule is C=Cc1c2[n-]c(c1C)/C=C1\[N-]C(C3=c4[n-]c(c(C)c4=C(O)[C@@H]3C(=O)OC)/C=c3\[n-]/c(c(C)c3CC)=C\2)[C@@H](CCC(=O)OC/C=C(\C)CCC[C@H](C)CCCC)[C@@H]1C.[Mg+2]. The average Bonchev–Trinajstić information content (AvgIpc) is 3.93. The third-order valence-corrected chi connectivity index (χ3v) is 12.7. The van der Waals surface area contributed by atoms with Crippen LogP contribution in [0.15, 0.2) is 23.9 Å². The van der Waals surface area contributed by atoms with E-state index in [1.54, 1.807) is 0 Å². The fraction of sp³-hybridized carbons (Fsp3) is 0.500. The number of carbonyl (C=O) groups is 2. The second-order valence-electron chi connectivity index (χ2n) is 16.4. The van der Waals surface area contributed by atoms with Crippen molar-refractivity contribution in [1.82, 2.24) is 15.0 Å². The summed E-state index contributed by atoms with van der Waals surface area (Å²) in [6.45, 7) is 21.3. The van der Waals surface area contributed by atoms with Crippen LogP contribution in [-0.4, -0.2) is 59.9 Å². The summed E-state index contributed by atoms with van der Waals surface area (Å²) in [5.41, 5.74) is 9.71. The van der Waals surface area contributed by atoms with Crippen LogP contribution in [0.2, 0.25) is 0 Å². The van der Waals surface area contributed by atoms with Gasteiger partial charge in [0.2, 0.25) is 0 Å². The molecule has 58 heavy (non-hydrogen) atoms. The first-order valence-electron chi connectivity index (χ1n) is 20.9. The number of nitrogens with zero attached hydrogens (tertiary/aromatic N) is 4. The number of unbranched alkanes of at least 4 members (excludes halogenated alkanes) is 1. The van der Waals surface area contributed by atoms with Gasteiger partial charge in [0.15, 0.2) is 0 Å². The average molecular weight is 797 g/mol. The summed E-state index contributed by atoms with van der Waals surface area (Å²) in [6.07, 6.45) is 18.4. The molecule has 5 atom stereocenters. The Morgan fingerprint density at radius 2 is 1.66 bits per heavy atom. The van der Waals surface area contributed by atoms with Crippen molar-refractivity contribution in [2.24, 2.45) is 23.7 Å². The molecule has 0 aromatic carbocycles. The van der Waals surface area contributed by atoms with E-state index in [-0.39, 0.29) is 59.6 Å². The Morgan fingerprint density at radius 1 is 0.948 bits per heavy atom. The van der Waals surface area contributed by atoms with Crippen molar-refractivity contribution in [3.05, 3.63) is 95.4 Å². The summed E-state index contributed by atoms with van der Waals surface area (Å²) in [5.74, 6) is -1.60. The number of hydrogen-bond acceptors (Lipinski definition) is 5. The molecule has 9 nitrogen and oxygen atoms in total. The number of fused-ring (bicyclic) bond motifs is 8. The number of aromatic nitrogens is 3. The van der Waals surface area contributed by atoms with E-state index in [1.165, 1.54) is 38.4 Å². The fourth-order valence-corrected chi connectivity index (χ4v) is 9.07. The van der Waals surface area contributed by atoms with Gasteiger partial charge in [-0.25, -0.2) is 0 Å². The summed E-state index contributed by atoms with van der Waals surface area (Å²) in [7, 11) is 1.33. The Hall–Kier alpha value is -4.15. The van der Waals surface area contributed by atoms with Crippen molar-refractivity contribution >= 4 is 70.6 Å². The molecule has 0 amide bonds. The smallest absolute Gasteiger partial charge is 0.681 e. The Balaban J connectivity index is 0.00000641. The van der Waals surface area contributed by atoms with E-state index in [2.05, 4.69) is 48.1 Å². The molecule has 1 N–H and O–H groups in total. The number of methoxy groups -OCH3 is 1. The van der Waals surface area contributed by atoms with Gasteiger partial charge in [0, 0.05) is 11.6 Å². The molecule has 0 spiro atoms. The molecule has 3 aliphatic rings. The van der Waals surface area contributed by atoms with Gasteiger partial charge in [-0.05, 0) is 82.8 Å². The van der Waals surface area contributed by atoms with E-state index < -0.39 is 17.9 Å². The number of ether oxygens (including phenoxy) is 2. The minimum Gasteiger partial charge on any atom is -0.681 e. The Kier molecular flexibility index (Phi) is 14.9. The molecule has 5 heterocycles. The molecule has 0 saturated carbocycles. The molecule has 8 bridgehead atoms. The minimum atomic E-state index is -1.07. The van der Waals surface area contributed by atoms with Crippen LogP contribution in [0.3, 0.4) is 0 Å². The molecule has 1 fully saturated rings. The molecule has 1 aliphatic carbocycles. The van der Waals surface area contributed by atoms with Gasteiger partial charge >= 0.3 is 35.0 Å². The van der Waals surface area contributed by atoms with Crippen LogP contribution in [0, 0.1) is 44.4 Å². The van der Waals surface area contributed by atoms with Crippen molar-refractivity contribution in [3.8, 4) is 0 Å². The number of carbonyl (C=O) groups excluding carboxylic acids is 2. The summed E-state index contributed by atoms with van der Waals surface area (Å²) in [4.78, 5) is 42.2. The Morgan fingerprint density at radius 3 is 2.34 bits per heavy atom. The van der Waals surface area contributed by atoms with Crippen LogP contribution in [0.1, 0.15) is 131 Å². The quantitative estimate of drug-likeness (QED) is 0.109. The molecule has 306 valence electrons. The van der Waals surface area contributed by atoms with E-state index in [4.69, 9.17) is 29.7 Å². The van der Waals surface area contributed by atoms with Gasteiger partial charge in [-0.15, -0.1) is 33.1 Å². The van der Waals surface area contributed by atoms with E-state index in [9.17, 15) is 14.7 Å². The third kappa shape index (κ3) is 8.88. The minimum absolute atomic E-state index is 0. The number of hydrogen-bond donors (Lipinski definition) is 1. The molecule has 3 aromatic heterocycles. The van der Waals surface area contributed by atoms with E-state index in [1.807, 2.05) is 44.2 Å². The van der Waals surface area contributed by atoms with Gasteiger partial charge < -0.3 is 34.8 Å². The van der Waals surface area contributed by atoms with Crippen LogP contribution in [0.5, 0.6) is 0 Å². The first kappa shape index (κ1) is 44.9. The van der Waals surface area contributed by atoms with Gasteiger partial charge in [-0.1, -0.05) is 124 Å². The number of allylic oxidation sites excluding steroid dienone is 2. The van der Waals surface area contributed by atoms with Crippen LogP contribution in [0.4, 0.5) is 0 Å². The zero-order valence-corrected chi connectivity index (χ0v) is 37.5. The molecular formula is C48H60MgN4O5-2. The summed E-state index contributed by atoms with van der Waals surface area (Å²) >= 11 is 0. The van der Waals surface area contributed by atoms with Gasteiger partial charge in [0.25, 0.3) is 0 Å². The molecule has 10 heteroatoms. The normalized spacial score (nSPS) is 22.2. The van der Waals surface area contributed by atoms with Crippen LogP contribution in [0.25, 0.3) is 41.0 Å². The largest absolute Gasteiger partial charge is 2.00 e. The number of aliphatic hydroxyl groups is 1. The molecule has 1 saturated heterocycles. The maximum absolute atomic E-state index is 13.6. The Labute approximate surface area is 360 Å². The van der Waals surface area contributed by atoms with Crippen LogP contribution in [-0.2, 0) is 25.5 Å². The first-order valence-corrected chi connectivity index (χ1v) is 20.9. The zero-order valence-electron chi connectivity index (χ0n) is 36.1. The summed E-state index contributed by atoms with van der Waals surface area (Å²) < 4.78 is 11.0. The summed E-state index contributed by atoms with van der Waals surface area (Å²) in [6, 6.07) is -0.569. The second kappa shape index (κ2) is 19.3. The molecule has 0 radical (unpaired) electrons. The van der Waals surface area contributed by atoms with Crippen molar-refractivity contribution in [1.29, 1.82) is 0 Å². The third-order valence-electron chi connectivity index (χ3n) is 12.7. The topological polar surface area (TPSA) is 129 Å². The molecule has 2 aliphatic heterocycles. The van der Waals surface area contributed by atoms with Gasteiger partial charge in [0.1, 0.15) is 18.3 Å². The predicted molar refractivity (Wildman–Crippen MR) is 234 cm³/mol. The van der Waals surface area contributed by atoms with Gasteiger partial charge in [-0.2, -0.15) is 5.70 Å². The first-order chi connectivity index (χ1) is 27.3. The molecule has 1 unspecified atom stereocenters. The standard InChI is InChI=1S/C48H60N4O5.Mg/c1-11-14-16-26(4)17-15-18-27(5)21-22-57-41(53)20-19-34-30(8)37-23-35-28(6)32(12-2)39(49-35)24-36-29(7)33(13-3)40(50-36)25-38-31(9)42-46(52-38)43(45(34)51-37)44(47(42)54)48(55)56-10;/h12,21,23-26,30,34,44-45,54H,2,11,13-20,22H2,1,3-10H3;/q-4;+2/b27-21+,36-24-,37-23-,40-25-;/t26-,30+,34+,44-,45?;/m1./s1. The van der Waals surface area contributed by atoms with Crippen molar-refractivity contribution in [2.45, 2.75) is 119 Å². The Bertz CT molecular complexity index is 2350. The van der Waals surface area contributed by atoms with Crippen molar-refractivity contribution in [2.75, 3.05) is 13.7 Å². The number of esters is 2. The molecule has 6 rings (SSSR count). The number of aliphatic hydroxyl groups excluding tert-OH is 1. The monoisotopic (exact) mass is 796 g/mol. The van der Waals surface area contributed by atoms with Crippen molar-refractivity contribution < 1.29 is 24.2 Å². The second-order valence-corrected chi connectivity index (χ2v) is 16.4. The van der Waals surface area contributed by atoms with E-state index in [0.29, 0.717) is 28.3 Å². The molecular weight excluding hydrogens is 737 g/mol. The van der Waals surface area contributed by atoms with E-state index in [0.717, 1.165) is 80.8 Å². The van der Waals surface area contributed by atoms with Gasteiger partial charge in [0.05, 0.1) is 7.11 Å². The van der Waals surface area contributed by atoms with Gasteiger partial charge in [-0.3, -0.25) is 9.59 Å². The van der Waals surface area contributed by atoms with Crippen LogP contribution >= 0.6 is 0 Å². The zero-order chi connectivity index (χ0) is 41.1. The molecule has 3 aromatic rings. The maximum Gasteiger partial charge on any atom is 2.00 e. The van der Waals surface area contributed by atoms with E-state index >= 15 is 0 Å². The summed E-state index contributed by atoms with van der Waals surface area (Å²) in [5, 5.41) is 19.9. The maximum atomic E-state index is 13.6. The number of rotatable bonds is 15.